The normalized spacial score (nSPS) is 17.8. The molecule has 1 aromatic heterocycles. The lowest BCUT2D eigenvalue weighted by Gasteiger charge is -2.34. The van der Waals surface area contributed by atoms with Crippen molar-refractivity contribution in [2.24, 2.45) is 0 Å². The Morgan fingerprint density at radius 3 is 2.81 bits per heavy atom. The Bertz CT molecular complexity index is 931. The molecule has 2 amide bonds. The van der Waals surface area contributed by atoms with E-state index < -0.39 is 17.8 Å². The zero-order chi connectivity index (χ0) is 22.6. The first-order valence-corrected chi connectivity index (χ1v) is 11.1. The summed E-state index contributed by atoms with van der Waals surface area (Å²) >= 11 is 1.12. The largest absolute Gasteiger partial charge is 0.416 e. The molecule has 10 heteroatoms. The van der Waals surface area contributed by atoms with Gasteiger partial charge in [-0.1, -0.05) is 13.0 Å². The first kappa shape index (κ1) is 23.1. The molecule has 0 spiro atoms. The van der Waals surface area contributed by atoms with Crippen LogP contribution in [0.5, 0.6) is 0 Å². The van der Waals surface area contributed by atoms with Gasteiger partial charge in [0.2, 0.25) is 5.91 Å². The van der Waals surface area contributed by atoms with Crippen molar-refractivity contribution in [3.63, 3.8) is 0 Å². The Hall–Kier alpha value is -2.62. The van der Waals surface area contributed by atoms with Crippen LogP contribution in [0.3, 0.4) is 0 Å². The number of halogens is 3. The third-order valence-electron chi connectivity index (χ3n) is 5.23. The van der Waals surface area contributed by atoms with Crippen molar-refractivity contribution < 1.29 is 22.8 Å². The highest BCUT2D eigenvalue weighted by Crippen LogP contribution is 2.32. The number of hydrogen-bond acceptors (Lipinski definition) is 5. The van der Waals surface area contributed by atoms with E-state index in [1.807, 2.05) is 13.8 Å². The van der Waals surface area contributed by atoms with Crippen molar-refractivity contribution in [1.82, 2.24) is 15.2 Å². The molecule has 1 saturated heterocycles. The predicted molar refractivity (Wildman–Crippen MR) is 113 cm³/mol. The van der Waals surface area contributed by atoms with E-state index in [1.165, 1.54) is 12.1 Å². The van der Waals surface area contributed by atoms with Crippen LogP contribution in [0.4, 0.5) is 24.0 Å². The Morgan fingerprint density at radius 2 is 2.10 bits per heavy atom. The number of rotatable bonds is 6. The molecule has 1 aliphatic heterocycles. The summed E-state index contributed by atoms with van der Waals surface area (Å²) in [5.41, 5.74) is -0.372. The zero-order valence-electron chi connectivity index (χ0n) is 17.3. The molecule has 1 aliphatic rings. The van der Waals surface area contributed by atoms with Crippen LogP contribution < -0.4 is 10.6 Å². The SMILES string of the molecule is CC[C@@H](C)NC(=O)[C@@H]1CCCCN1C(=O)c1csc(Nc2cccc(C(F)(F)F)c2)n1. The van der Waals surface area contributed by atoms with Gasteiger partial charge in [-0.05, 0) is 50.8 Å². The summed E-state index contributed by atoms with van der Waals surface area (Å²) in [4.78, 5) is 31.5. The van der Waals surface area contributed by atoms with Gasteiger partial charge in [-0.2, -0.15) is 13.2 Å². The molecule has 0 aliphatic carbocycles. The predicted octanol–water partition coefficient (Wildman–Crippen LogP) is 4.81. The standard InChI is InChI=1S/C21H25F3N4O2S/c1-3-13(2)25-18(29)17-9-4-5-10-28(17)19(30)16-12-31-20(27-16)26-15-8-6-7-14(11-15)21(22,23)24/h6-8,11-13,17H,3-5,9-10H2,1-2H3,(H,25,29)(H,26,27)/t13-,17+/m1/s1. The Morgan fingerprint density at radius 1 is 1.32 bits per heavy atom. The van der Waals surface area contributed by atoms with Crippen molar-refractivity contribution in [2.75, 3.05) is 11.9 Å². The fourth-order valence-corrected chi connectivity index (χ4v) is 4.07. The minimum atomic E-state index is -4.44. The molecule has 1 fully saturated rings. The Balaban J connectivity index is 1.72. The number of thiazole rings is 1. The summed E-state index contributed by atoms with van der Waals surface area (Å²) in [6.07, 6.45) is -1.39. The molecular formula is C21H25F3N4O2S. The first-order valence-electron chi connectivity index (χ1n) is 10.2. The highest BCUT2D eigenvalue weighted by molar-refractivity contribution is 7.14. The van der Waals surface area contributed by atoms with E-state index in [-0.39, 0.29) is 29.2 Å². The maximum Gasteiger partial charge on any atom is 0.416 e. The smallest absolute Gasteiger partial charge is 0.352 e. The van der Waals surface area contributed by atoms with Gasteiger partial charge in [0.25, 0.3) is 5.91 Å². The van der Waals surface area contributed by atoms with Crippen LogP contribution >= 0.6 is 11.3 Å². The second-order valence-electron chi connectivity index (χ2n) is 7.57. The molecule has 0 unspecified atom stereocenters. The van der Waals surface area contributed by atoms with Crippen molar-refractivity contribution in [3.8, 4) is 0 Å². The van der Waals surface area contributed by atoms with Crippen molar-refractivity contribution >= 4 is 34.0 Å². The number of benzene rings is 1. The van der Waals surface area contributed by atoms with E-state index in [9.17, 15) is 22.8 Å². The Kier molecular flexibility index (Phi) is 7.19. The van der Waals surface area contributed by atoms with Crippen molar-refractivity contribution in [2.45, 2.75) is 57.8 Å². The number of carbonyl (C=O) groups is 2. The molecule has 2 atom stereocenters. The highest BCUT2D eigenvalue weighted by Gasteiger charge is 2.34. The molecule has 0 bridgehead atoms. The summed E-state index contributed by atoms with van der Waals surface area (Å²) in [5, 5.41) is 7.61. The van der Waals surface area contributed by atoms with E-state index in [0.717, 1.165) is 42.7 Å². The molecule has 2 heterocycles. The number of hydrogen-bond donors (Lipinski definition) is 2. The summed E-state index contributed by atoms with van der Waals surface area (Å²) < 4.78 is 38.7. The summed E-state index contributed by atoms with van der Waals surface area (Å²) in [5.74, 6) is -0.516. The highest BCUT2D eigenvalue weighted by atomic mass is 32.1. The van der Waals surface area contributed by atoms with E-state index in [4.69, 9.17) is 0 Å². The van der Waals surface area contributed by atoms with Gasteiger partial charge in [-0.15, -0.1) is 11.3 Å². The van der Waals surface area contributed by atoms with Crippen LogP contribution in [-0.2, 0) is 11.0 Å². The minimum absolute atomic E-state index is 0.0221. The molecule has 0 radical (unpaired) electrons. The number of amides is 2. The Labute approximate surface area is 182 Å². The van der Waals surface area contributed by atoms with Gasteiger partial charge in [0, 0.05) is 23.7 Å². The number of anilines is 2. The van der Waals surface area contributed by atoms with Crippen LogP contribution in [0.25, 0.3) is 0 Å². The van der Waals surface area contributed by atoms with E-state index in [0.29, 0.717) is 18.1 Å². The lowest BCUT2D eigenvalue weighted by molar-refractivity contribution is -0.137. The van der Waals surface area contributed by atoms with Crippen LogP contribution in [0.1, 0.15) is 55.6 Å². The minimum Gasteiger partial charge on any atom is -0.352 e. The molecule has 3 rings (SSSR count). The van der Waals surface area contributed by atoms with Crippen LogP contribution in [0, 0.1) is 0 Å². The van der Waals surface area contributed by atoms with E-state index in [1.54, 1.807) is 10.3 Å². The van der Waals surface area contributed by atoms with Gasteiger partial charge in [0.15, 0.2) is 5.13 Å². The first-order chi connectivity index (χ1) is 14.7. The summed E-state index contributed by atoms with van der Waals surface area (Å²) in [7, 11) is 0. The van der Waals surface area contributed by atoms with Gasteiger partial charge in [0.05, 0.1) is 5.56 Å². The number of likely N-dealkylation sites (tertiary alicyclic amines) is 1. The van der Waals surface area contributed by atoms with Crippen molar-refractivity contribution in [3.05, 3.63) is 40.9 Å². The molecule has 2 aromatic rings. The van der Waals surface area contributed by atoms with E-state index in [2.05, 4.69) is 15.6 Å². The second-order valence-corrected chi connectivity index (χ2v) is 8.43. The van der Waals surface area contributed by atoms with Gasteiger partial charge in [-0.25, -0.2) is 4.98 Å². The van der Waals surface area contributed by atoms with Gasteiger partial charge in [0.1, 0.15) is 11.7 Å². The third-order valence-corrected chi connectivity index (χ3v) is 5.99. The molecule has 1 aromatic carbocycles. The zero-order valence-corrected chi connectivity index (χ0v) is 18.1. The molecular weight excluding hydrogens is 429 g/mol. The van der Waals surface area contributed by atoms with E-state index >= 15 is 0 Å². The maximum atomic E-state index is 13.0. The summed E-state index contributed by atoms with van der Waals surface area (Å²) in [6.45, 7) is 4.35. The van der Waals surface area contributed by atoms with Crippen LogP contribution in [0.2, 0.25) is 0 Å². The number of aromatic nitrogens is 1. The lowest BCUT2D eigenvalue weighted by Crippen LogP contribution is -2.53. The molecule has 168 valence electrons. The lowest BCUT2D eigenvalue weighted by atomic mass is 10.0. The van der Waals surface area contributed by atoms with Crippen LogP contribution in [0.15, 0.2) is 29.6 Å². The molecule has 6 nitrogen and oxygen atoms in total. The third kappa shape index (κ3) is 5.75. The number of nitrogens with zero attached hydrogens (tertiary/aromatic N) is 2. The van der Waals surface area contributed by atoms with Gasteiger partial charge in [-0.3, -0.25) is 9.59 Å². The quantitative estimate of drug-likeness (QED) is 0.657. The monoisotopic (exact) mass is 454 g/mol. The fourth-order valence-electron chi connectivity index (χ4n) is 3.36. The number of nitrogens with one attached hydrogen (secondary N) is 2. The second kappa shape index (κ2) is 9.67. The average Bonchev–Trinajstić information content (AvgIpc) is 3.21. The van der Waals surface area contributed by atoms with Gasteiger partial charge >= 0.3 is 6.18 Å². The summed E-state index contributed by atoms with van der Waals surface area (Å²) in [6, 6.07) is 4.26. The molecule has 2 N–H and O–H groups in total. The maximum absolute atomic E-state index is 13.0. The number of alkyl halides is 3. The number of piperidine rings is 1. The molecule has 0 saturated carbocycles. The fraction of sp³-hybridized carbons (Fsp3) is 0.476. The van der Waals surface area contributed by atoms with Crippen LogP contribution in [-0.4, -0.2) is 40.3 Å². The van der Waals surface area contributed by atoms with Gasteiger partial charge < -0.3 is 15.5 Å². The average molecular weight is 455 g/mol. The van der Waals surface area contributed by atoms with Crippen molar-refractivity contribution in [1.29, 1.82) is 0 Å². The molecule has 31 heavy (non-hydrogen) atoms. The number of carbonyl (C=O) groups excluding carboxylic acids is 2. The topological polar surface area (TPSA) is 74.3 Å².